The van der Waals surface area contributed by atoms with E-state index in [0.717, 1.165) is 5.39 Å². The van der Waals surface area contributed by atoms with Crippen LogP contribution >= 0.6 is 0 Å². The first-order valence-electron chi connectivity index (χ1n) is 3.75. The molecule has 0 radical (unpaired) electrons. The molecule has 2 rings (SSSR count). The lowest BCUT2D eigenvalue weighted by atomic mass is 10.4. The monoisotopic (exact) mass is 163 g/mol. The normalized spacial score (nSPS) is 13.5. The van der Waals surface area contributed by atoms with E-state index in [1.165, 1.54) is 4.68 Å². The van der Waals surface area contributed by atoms with E-state index in [9.17, 15) is 5.11 Å². The number of nitrogens with zero attached hydrogens (tertiary/aromatic N) is 3. The van der Waals surface area contributed by atoms with Crippen LogP contribution in [0.5, 0.6) is 0 Å². The van der Waals surface area contributed by atoms with Gasteiger partial charge in [0.15, 0.2) is 5.65 Å². The van der Waals surface area contributed by atoms with Gasteiger partial charge in [-0.05, 0) is 19.1 Å². The van der Waals surface area contributed by atoms with Crippen molar-refractivity contribution in [3.8, 4) is 0 Å². The van der Waals surface area contributed by atoms with Crippen LogP contribution in [0.2, 0.25) is 0 Å². The number of aromatic nitrogens is 3. The standard InChI is InChI=1S/C8H9N3O/c1-6(12)11-5-7-3-2-4-9-8(7)10-11/h2-6,12H,1H3. The van der Waals surface area contributed by atoms with E-state index in [-0.39, 0.29) is 0 Å². The van der Waals surface area contributed by atoms with Gasteiger partial charge in [0.05, 0.1) is 0 Å². The lowest BCUT2D eigenvalue weighted by Gasteiger charge is -2.00. The van der Waals surface area contributed by atoms with Gasteiger partial charge in [0.1, 0.15) is 6.23 Å². The lowest BCUT2D eigenvalue weighted by molar-refractivity contribution is 0.111. The van der Waals surface area contributed by atoms with E-state index >= 15 is 0 Å². The number of fused-ring (bicyclic) bond motifs is 1. The van der Waals surface area contributed by atoms with Gasteiger partial charge in [0.25, 0.3) is 0 Å². The maximum atomic E-state index is 9.20. The van der Waals surface area contributed by atoms with Crippen molar-refractivity contribution in [2.45, 2.75) is 13.2 Å². The van der Waals surface area contributed by atoms with Crippen LogP contribution < -0.4 is 0 Å². The van der Waals surface area contributed by atoms with Gasteiger partial charge in [-0.3, -0.25) is 0 Å². The van der Waals surface area contributed by atoms with Gasteiger partial charge in [-0.15, -0.1) is 5.10 Å². The lowest BCUT2D eigenvalue weighted by Crippen LogP contribution is -2.03. The summed E-state index contributed by atoms with van der Waals surface area (Å²) < 4.78 is 1.48. The van der Waals surface area contributed by atoms with Crippen LogP contribution in [0.1, 0.15) is 13.2 Å². The Labute approximate surface area is 69.5 Å². The van der Waals surface area contributed by atoms with Gasteiger partial charge in [-0.2, -0.15) is 0 Å². The Morgan fingerprint density at radius 2 is 2.42 bits per heavy atom. The fraction of sp³-hybridized carbons (Fsp3) is 0.250. The summed E-state index contributed by atoms with van der Waals surface area (Å²) >= 11 is 0. The molecule has 2 heterocycles. The molecule has 0 bridgehead atoms. The van der Waals surface area contributed by atoms with Crippen molar-refractivity contribution >= 4 is 11.0 Å². The third-order valence-electron chi connectivity index (χ3n) is 1.68. The van der Waals surface area contributed by atoms with Crippen LogP contribution in [0, 0.1) is 0 Å². The van der Waals surface area contributed by atoms with Crippen molar-refractivity contribution in [1.29, 1.82) is 0 Å². The molecule has 4 nitrogen and oxygen atoms in total. The Morgan fingerprint density at radius 3 is 3.08 bits per heavy atom. The molecule has 2 aromatic rings. The number of pyridine rings is 1. The van der Waals surface area contributed by atoms with Crippen LogP contribution in [-0.2, 0) is 0 Å². The summed E-state index contributed by atoms with van der Waals surface area (Å²) in [4.78, 5) is 4.04. The minimum absolute atomic E-state index is 0.598. The van der Waals surface area contributed by atoms with Crippen molar-refractivity contribution < 1.29 is 5.11 Å². The number of aliphatic hydroxyl groups excluding tert-OH is 1. The minimum Gasteiger partial charge on any atom is -0.372 e. The highest BCUT2D eigenvalue weighted by Crippen LogP contribution is 2.10. The first kappa shape index (κ1) is 7.24. The fourth-order valence-electron chi connectivity index (χ4n) is 1.07. The second-order valence-corrected chi connectivity index (χ2v) is 2.66. The van der Waals surface area contributed by atoms with Gasteiger partial charge in [0.2, 0.25) is 0 Å². The van der Waals surface area contributed by atoms with E-state index in [1.807, 2.05) is 12.1 Å². The Kier molecular flexibility index (Phi) is 1.55. The fourth-order valence-corrected chi connectivity index (χ4v) is 1.07. The van der Waals surface area contributed by atoms with E-state index in [2.05, 4.69) is 10.1 Å². The summed E-state index contributed by atoms with van der Waals surface area (Å²) in [5, 5.41) is 14.2. The SMILES string of the molecule is CC(O)n1cc2cccnc2n1. The van der Waals surface area contributed by atoms with E-state index < -0.39 is 6.23 Å². The predicted octanol–water partition coefficient (Wildman–Crippen LogP) is 0.942. The highest BCUT2D eigenvalue weighted by atomic mass is 16.3. The highest BCUT2D eigenvalue weighted by Gasteiger charge is 2.03. The van der Waals surface area contributed by atoms with Crippen LogP contribution in [0.4, 0.5) is 0 Å². The third-order valence-corrected chi connectivity index (χ3v) is 1.68. The molecule has 0 spiro atoms. The smallest absolute Gasteiger partial charge is 0.181 e. The Hall–Kier alpha value is -1.42. The number of hydrogen-bond acceptors (Lipinski definition) is 3. The van der Waals surface area contributed by atoms with Gasteiger partial charge >= 0.3 is 0 Å². The molecule has 0 aromatic carbocycles. The topological polar surface area (TPSA) is 50.9 Å². The van der Waals surface area contributed by atoms with Crippen LogP contribution in [-0.4, -0.2) is 19.9 Å². The predicted molar refractivity (Wildman–Crippen MR) is 44.5 cm³/mol. The van der Waals surface area contributed by atoms with Crippen molar-refractivity contribution in [1.82, 2.24) is 14.8 Å². The van der Waals surface area contributed by atoms with Crippen LogP contribution in [0.15, 0.2) is 24.5 Å². The van der Waals surface area contributed by atoms with Crippen LogP contribution in [0.3, 0.4) is 0 Å². The summed E-state index contributed by atoms with van der Waals surface area (Å²) in [6.07, 6.45) is 2.86. The molecule has 2 aromatic heterocycles. The molecule has 0 aliphatic heterocycles. The summed E-state index contributed by atoms with van der Waals surface area (Å²) in [7, 11) is 0. The maximum Gasteiger partial charge on any atom is 0.181 e. The van der Waals surface area contributed by atoms with E-state index in [4.69, 9.17) is 0 Å². The molecule has 1 unspecified atom stereocenters. The Balaban J connectivity index is 2.62. The quantitative estimate of drug-likeness (QED) is 0.680. The largest absolute Gasteiger partial charge is 0.372 e. The van der Waals surface area contributed by atoms with E-state index in [0.29, 0.717) is 5.65 Å². The zero-order valence-electron chi connectivity index (χ0n) is 6.68. The average molecular weight is 163 g/mol. The van der Waals surface area contributed by atoms with E-state index in [1.54, 1.807) is 19.3 Å². The Morgan fingerprint density at radius 1 is 1.58 bits per heavy atom. The number of rotatable bonds is 1. The van der Waals surface area contributed by atoms with Gasteiger partial charge in [0, 0.05) is 17.8 Å². The summed E-state index contributed by atoms with van der Waals surface area (Å²) in [6.45, 7) is 1.66. The van der Waals surface area contributed by atoms with Gasteiger partial charge in [-0.1, -0.05) is 0 Å². The molecular weight excluding hydrogens is 154 g/mol. The zero-order chi connectivity index (χ0) is 8.55. The molecule has 0 amide bonds. The number of aliphatic hydroxyl groups is 1. The molecule has 62 valence electrons. The summed E-state index contributed by atoms with van der Waals surface area (Å²) in [5.41, 5.74) is 0.665. The molecule has 12 heavy (non-hydrogen) atoms. The second-order valence-electron chi connectivity index (χ2n) is 2.66. The van der Waals surface area contributed by atoms with Crippen molar-refractivity contribution in [2.75, 3.05) is 0 Å². The molecule has 1 N–H and O–H groups in total. The van der Waals surface area contributed by atoms with Gasteiger partial charge < -0.3 is 5.11 Å². The molecule has 0 fully saturated rings. The molecule has 4 heteroatoms. The first-order chi connectivity index (χ1) is 5.77. The molecule has 0 aliphatic rings. The zero-order valence-corrected chi connectivity index (χ0v) is 6.68. The van der Waals surface area contributed by atoms with Crippen molar-refractivity contribution in [2.24, 2.45) is 0 Å². The number of hydrogen-bond donors (Lipinski definition) is 1. The first-order valence-corrected chi connectivity index (χ1v) is 3.75. The molecule has 0 aliphatic carbocycles. The van der Waals surface area contributed by atoms with Crippen LogP contribution in [0.25, 0.3) is 11.0 Å². The van der Waals surface area contributed by atoms with Crippen molar-refractivity contribution in [3.05, 3.63) is 24.5 Å². The second kappa shape index (κ2) is 2.57. The van der Waals surface area contributed by atoms with Crippen molar-refractivity contribution in [3.63, 3.8) is 0 Å². The third kappa shape index (κ3) is 1.06. The summed E-state index contributed by atoms with van der Waals surface area (Å²) in [5.74, 6) is 0. The maximum absolute atomic E-state index is 9.20. The van der Waals surface area contributed by atoms with Gasteiger partial charge in [-0.25, -0.2) is 9.67 Å². The minimum atomic E-state index is -0.598. The molecule has 1 atom stereocenters. The Bertz CT molecular complexity index is 361. The molecule has 0 saturated carbocycles. The molecular formula is C8H9N3O. The highest BCUT2D eigenvalue weighted by molar-refractivity contribution is 5.73. The average Bonchev–Trinajstić information content (AvgIpc) is 2.46. The molecule has 0 saturated heterocycles. The summed E-state index contributed by atoms with van der Waals surface area (Å²) in [6, 6.07) is 3.75.